The van der Waals surface area contributed by atoms with Gasteiger partial charge in [0.15, 0.2) is 17.1 Å². The molecule has 0 unspecified atom stereocenters. The Kier molecular flexibility index (Phi) is 13.1. The molecule has 2 aliphatic rings. The highest BCUT2D eigenvalue weighted by molar-refractivity contribution is 9.10. The second-order valence-corrected chi connectivity index (χ2v) is 19.4. The Hall–Kier alpha value is -6.14. The minimum Gasteiger partial charge on any atom is -0.389 e. The lowest BCUT2D eigenvalue weighted by Gasteiger charge is -2.19. The number of fused-ring (bicyclic) bond motifs is 2. The summed E-state index contributed by atoms with van der Waals surface area (Å²) in [5, 5.41) is 45.2. The average molecular weight is 981 g/mol. The van der Waals surface area contributed by atoms with E-state index in [-0.39, 0.29) is 29.4 Å². The number of rotatable bonds is 14. The molecule has 18 heteroatoms. The molecule has 4 aromatic heterocycles. The predicted octanol–water partition coefficient (Wildman–Crippen LogP) is 8.86. The lowest BCUT2D eigenvalue weighted by molar-refractivity contribution is 0.0939. The monoisotopic (exact) mass is 979 g/mol. The molecule has 3 aromatic carbocycles. The Morgan fingerprint density at radius 1 is 0.727 bits per heavy atom. The highest BCUT2D eigenvalue weighted by Gasteiger charge is 2.26. The first kappa shape index (κ1) is 46.4. The van der Waals surface area contributed by atoms with Gasteiger partial charge in [-0.1, -0.05) is 23.7 Å². The number of nitrogens with one attached hydrogen (secondary N) is 5. The second kappa shape index (κ2) is 18.6. The molecule has 0 atom stereocenters. The molecule has 4 heterocycles. The van der Waals surface area contributed by atoms with Gasteiger partial charge in [0, 0.05) is 59.2 Å². The molecular weight excluding hydrogens is 929 g/mol. The molecule has 2 fully saturated rings. The van der Waals surface area contributed by atoms with Crippen LogP contribution in [0.1, 0.15) is 85.2 Å². The van der Waals surface area contributed by atoms with E-state index in [0.717, 1.165) is 59.3 Å². The number of imidazole rings is 2. The molecule has 9 rings (SSSR count). The number of halogens is 3. The maximum absolute atomic E-state index is 14.0. The van der Waals surface area contributed by atoms with Gasteiger partial charge in [0.2, 0.25) is 0 Å². The molecule has 7 N–H and O–H groups in total. The highest BCUT2D eigenvalue weighted by Crippen LogP contribution is 2.31. The van der Waals surface area contributed by atoms with Crippen LogP contribution in [0.15, 0.2) is 83.7 Å². The summed E-state index contributed by atoms with van der Waals surface area (Å²) in [6.07, 6.45) is 7.66. The molecular formula is C48H52BrClFN11O4. The number of amides is 2. The Balaban J connectivity index is 0.000000185. The Morgan fingerprint density at radius 2 is 1.21 bits per heavy atom. The number of anilines is 4. The van der Waals surface area contributed by atoms with Gasteiger partial charge in [-0.15, -0.1) is 5.10 Å². The summed E-state index contributed by atoms with van der Waals surface area (Å²) < 4.78 is 18.1. The van der Waals surface area contributed by atoms with Crippen LogP contribution >= 0.6 is 27.5 Å². The first-order chi connectivity index (χ1) is 31.3. The van der Waals surface area contributed by atoms with Crippen molar-refractivity contribution >= 4 is 73.5 Å². The zero-order valence-corrected chi connectivity index (χ0v) is 39.8. The van der Waals surface area contributed by atoms with Gasteiger partial charge in [-0.25, -0.2) is 23.4 Å². The molecule has 344 valence electrons. The van der Waals surface area contributed by atoms with Crippen LogP contribution in [0.2, 0.25) is 5.02 Å². The van der Waals surface area contributed by atoms with Crippen molar-refractivity contribution in [3.05, 3.63) is 117 Å². The molecule has 0 aliphatic heterocycles. The van der Waals surface area contributed by atoms with Gasteiger partial charge in [0.05, 0.1) is 51.4 Å². The fraction of sp³-hybridized carbons (Fsp3) is 0.333. The van der Waals surface area contributed by atoms with E-state index in [2.05, 4.69) is 57.6 Å². The summed E-state index contributed by atoms with van der Waals surface area (Å²) in [6.45, 7) is 11.4. The number of aromatic nitrogens is 6. The standard InChI is InChI=1S/C27H28ClFN6O2.C21H24BrN5O2/c1-15-10-16(4-8-19(15)26(36)33-17-5-6-17)23-13-30-25-22(31-14-27(2,3)37)12-24(34-35(23)25)32-18-7-9-20(28)21(29)11-18;1-12-8-13(4-7-15(12)20(28)25-14-5-6-14)17-10-23-19-16(24-11-21(2,3)29)9-18(22)26-27(17)19/h4,7-13,17,31,37H,5-6,14H2,1-3H3,(H,32,34)(H,33,36);4,7-10,14,24,29H,5-6,11H2,1-3H3,(H,25,28). The van der Waals surface area contributed by atoms with Crippen LogP contribution in [0.5, 0.6) is 0 Å². The SMILES string of the molecule is Cc1cc(-c2cnc3c(NCC(C)(C)O)cc(Br)nn23)ccc1C(=O)NC1CC1.Cc1cc(-c2cnc3c(NCC(C)(C)O)cc(Nc4ccc(Cl)c(F)c4)nn23)ccc1C(=O)NC1CC1. The Morgan fingerprint density at radius 3 is 1.67 bits per heavy atom. The summed E-state index contributed by atoms with van der Waals surface area (Å²) in [6, 6.07) is 20.0. The van der Waals surface area contributed by atoms with E-state index in [9.17, 15) is 24.2 Å². The summed E-state index contributed by atoms with van der Waals surface area (Å²) in [5.74, 6) is -0.196. The highest BCUT2D eigenvalue weighted by atomic mass is 79.9. The first-order valence-corrected chi connectivity index (χ1v) is 22.9. The minimum atomic E-state index is -0.962. The van der Waals surface area contributed by atoms with Crippen molar-refractivity contribution in [1.82, 2.24) is 39.8 Å². The van der Waals surface area contributed by atoms with Crippen LogP contribution in [0.3, 0.4) is 0 Å². The fourth-order valence-corrected chi connectivity index (χ4v) is 7.61. The Bertz CT molecular complexity index is 2970. The number of carbonyl (C=O) groups excluding carboxylic acids is 2. The van der Waals surface area contributed by atoms with Crippen LogP contribution in [-0.2, 0) is 0 Å². The number of aliphatic hydroxyl groups is 2. The molecule has 2 aliphatic carbocycles. The molecule has 2 amide bonds. The summed E-state index contributed by atoms with van der Waals surface area (Å²) >= 11 is 9.28. The van der Waals surface area contributed by atoms with Crippen LogP contribution in [-0.4, -0.2) is 87.6 Å². The molecule has 0 saturated heterocycles. The third-order valence-corrected chi connectivity index (χ3v) is 11.6. The number of hydrogen-bond donors (Lipinski definition) is 7. The van der Waals surface area contributed by atoms with Gasteiger partial charge in [-0.05, 0) is 143 Å². The predicted molar refractivity (Wildman–Crippen MR) is 259 cm³/mol. The van der Waals surface area contributed by atoms with Crippen molar-refractivity contribution in [2.45, 2.75) is 90.5 Å². The van der Waals surface area contributed by atoms with E-state index < -0.39 is 17.0 Å². The number of carbonyl (C=O) groups is 2. The van der Waals surface area contributed by atoms with Crippen LogP contribution < -0.4 is 26.6 Å². The van der Waals surface area contributed by atoms with Crippen molar-refractivity contribution in [3.8, 4) is 22.5 Å². The lowest BCUT2D eigenvalue weighted by atomic mass is 10.0. The Labute approximate surface area is 394 Å². The third-order valence-electron chi connectivity index (χ3n) is 10.9. The van der Waals surface area contributed by atoms with Crippen molar-refractivity contribution < 1.29 is 24.2 Å². The summed E-state index contributed by atoms with van der Waals surface area (Å²) in [7, 11) is 0. The molecule has 2 saturated carbocycles. The van der Waals surface area contributed by atoms with Gasteiger partial charge in [-0.3, -0.25) is 9.59 Å². The van der Waals surface area contributed by atoms with Crippen LogP contribution in [0.4, 0.5) is 27.3 Å². The molecule has 0 radical (unpaired) electrons. The second-order valence-electron chi connectivity index (χ2n) is 18.2. The van der Waals surface area contributed by atoms with E-state index in [1.165, 1.54) is 12.1 Å². The van der Waals surface area contributed by atoms with Crippen molar-refractivity contribution in [1.29, 1.82) is 0 Å². The summed E-state index contributed by atoms with van der Waals surface area (Å²) in [5.41, 5.74) is 7.68. The number of aryl methyl sites for hydroxylation is 2. The number of nitrogens with zero attached hydrogens (tertiary/aromatic N) is 6. The van der Waals surface area contributed by atoms with E-state index in [0.29, 0.717) is 62.5 Å². The quantitative estimate of drug-likeness (QED) is 0.0550. The van der Waals surface area contributed by atoms with Gasteiger partial charge >= 0.3 is 0 Å². The smallest absolute Gasteiger partial charge is 0.251 e. The average Bonchev–Trinajstić information content (AvgIpc) is 4.16. The van der Waals surface area contributed by atoms with Crippen LogP contribution in [0, 0.1) is 19.7 Å². The van der Waals surface area contributed by atoms with Crippen LogP contribution in [0.25, 0.3) is 33.8 Å². The van der Waals surface area contributed by atoms with Crippen molar-refractivity contribution in [3.63, 3.8) is 0 Å². The maximum atomic E-state index is 14.0. The molecule has 7 aromatic rings. The van der Waals surface area contributed by atoms with Crippen molar-refractivity contribution in [2.75, 3.05) is 29.0 Å². The normalized spacial score (nSPS) is 13.9. The van der Waals surface area contributed by atoms with E-state index >= 15 is 0 Å². The molecule has 0 bridgehead atoms. The van der Waals surface area contributed by atoms with Gasteiger partial charge in [-0.2, -0.15) is 5.10 Å². The lowest BCUT2D eigenvalue weighted by Crippen LogP contribution is -2.29. The van der Waals surface area contributed by atoms with Gasteiger partial charge in [0.1, 0.15) is 10.4 Å². The van der Waals surface area contributed by atoms with E-state index in [4.69, 9.17) is 16.7 Å². The third kappa shape index (κ3) is 11.3. The van der Waals surface area contributed by atoms with Gasteiger partial charge < -0.3 is 36.8 Å². The number of benzene rings is 3. The molecule has 66 heavy (non-hydrogen) atoms. The maximum Gasteiger partial charge on any atom is 0.251 e. The molecule has 0 spiro atoms. The van der Waals surface area contributed by atoms with E-state index in [1.807, 2.05) is 56.3 Å². The van der Waals surface area contributed by atoms with Crippen molar-refractivity contribution in [2.24, 2.45) is 0 Å². The summed E-state index contributed by atoms with van der Waals surface area (Å²) in [4.78, 5) is 34.1. The molecule has 15 nitrogen and oxygen atoms in total. The number of hydrogen-bond acceptors (Lipinski definition) is 11. The fourth-order valence-electron chi connectivity index (χ4n) is 7.10. The van der Waals surface area contributed by atoms with E-state index in [1.54, 1.807) is 61.3 Å². The first-order valence-electron chi connectivity index (χ1n) is 21.7. The largest absolute Gasteiger partial charge is 0.389 e. The topological polar surface area (TPSA) is 195 Å². The van der Waals surface area contributed by atoms with Gasteiger partial charge in [0.25, 0.3) is 11.8 Å². The zero-order chi connectivity index (χ0) is 47.1. The minimum absolute atomic E-state index is 0.0198. The zero-order valence-electron chi connectivity index (χ0n) is 37.4.